The molecule has 0 heterocycles. The van der Waals surface area contributed by atoms with E-state index in [1.807, 2.05) is 37.3 Å². The molecule has 1 atom stereocenters. The highest BCUT2D eigenvalue weighted by atomic mass is 32.2. The fraction of sp³-hybridized carbons (Fsp3) is 0.235. The lowest BCUT2D eigenvalue weighted by Crippen LogP contribution is -2.28. The van der Waals surface area contributed by atoms with Crippen LogP contribution in [0.5, 0.6) is 0 Å². The third-order valence-electron chi connectivity index (χ3n) is 3.62. The van der Waals surface area contributed by atoms with E-state index in [-0.39, 0.29) is 23.3 Å². The van der Waals surface area contributed by atoms with Crippen LogP contribution in [0.4, 0.5) is 0 Å². The molecular weight excluding hydrogens is 312 g/mol. The SMILES string of the molecule is CCC(C(=O)NCc1cccc(S(N)(=O)=O)c1)c1ccccc1. The maximum absolute atomic E-state index is 12.4. The van der Waals surface area contributed by atoms with Crippen LogP contribution in [0.3, 0.4) is 0 Å². The van der Waals surface area contributed by atoms with Gasteiger partial charge in [-0.3, -0.25) is 4.79 Å². The van der Waals surface area contributed by atoms with Gasteiger partial charge in [0.2, 0.25) is 15.9 Å². The number of carbonyl (C=O) groups is 1. The molecule has 2 aromatic carbocycles. The van der Waals surface area contributed by atoms with Gasteiger partial charge < -0.3 is 5.32 Å². The van der Waals surface area contributed by atoms with Crippen LogP contribution >= 0.6 is 0 Å². The number of rotatable bonds is 6. The molecule has 2 aromatic rings. The number of nitrogens with one attached hydrogen (secondary N) is 1. The number of primary sulfonamides is 1. The molecule has 0 radical (unpaired) electrons. The molecule has 0 aliphatic rings. The Kier molecular flexibility index (Phi) is 5.52. The second-order valence-corrected chi connectivity index (χ2v) is 6.84. The topological polar surface area (TPSA) is 89.3 Å². The van der Waals surface area contributed by atoms with E-state index in [9.17, 15) is 13.2 Å². The number of hydrogen-bond acceptors (Lipinski definition) is 3. The smallest absolute Gasteiger partial charge is 0.238 e. The van der Waals surface area contributed by atoms with Gasteiger partial charge in [-0.15, -0.1) is 0 Å². The highest BCUT2D eigenvalue weighted by molar-refractivity contribution is 7.89. The van der Waals surface area contributed by atoms with Crippen LogP contribution in [0.1, 0.15) is 30.4 Å². The number of amides is 1. The average Bonchev–Trinajstić information content (AvgIpc) is 2.54. The summed E-state index contributed by atoms with van der Waals surface area (Å²) in [4.78, 5) is 12.4. The molecule has 2 rings (SSSR count). The fourth-order valence-corrected chi connectivity index (χ4v) is 2.99. The van der Waals surface area contributed by atoms with E-state index in [2.05, 4.69) is 5.32 Å². The summed E-state index contributed by atoms with van der Waals surface area (Å²) in [6.07, 6.45) is 0.688. The second-order valence-electron chi connectivity index (χ2n) is 5.28. The Morgan fingerprint density at radius 1 is 1.13 bits per heavy atom. The van der Waals surface area contributed by atoms with Gasteiger partial charge in [-0.05, 0) is 29.7 Å². The summed E-state index contributed by atoms with van der Waals surface area (Å²) in [6.45, 7) is 2.21. The molecule has 0 aromatic heterocycles. The summed E-state index contributed by atoms with van der Waals surface area (Å²) >= 11 is 0. The van der Waals surface area contributed by atoms with Crippen molar-refractivity contribution >= 4 is 15.9 Å². The van der Waals surface area contributed by atoms with Gasteiger partial charge in [0.1, 0.15) is 0 Å². The van der Waals surface area contributed by atoms with Gasteiger partial charge in [0.25, 0.3) is 0 Å². The summed E-state index contributed by atoms with van der Waals surface area (Å²) in [5.41, 5.74) is 1.65. The zero-order valence-corrected chi connectivity index (χ0v) is 13.7. The molecule has 0 spiro atoms. The van der Waals surface area contributed by atoms with Gasteiger partial charge in [0.05, 0.1) is 10.8 Å². The highest BCUT2D eigenvalue weighted by Gasteiger charge is 2.18. The molecule has 6 heteroatoms. The Morgan fingerprint density at radius 3 is 2.43 bits per heavy atom. The van der Waals surface area contributed by atoms with Gasteiger partial charge in [-0.25, -0.2) is 13.6 Å². The molecule has 122 valence electrons. The minimum atomic E-state index is -3.74. The summed E-state index contributed by atoms with van der Waals surface area (Å²) in [6, 6.07) is 15.8. The lowest BCUT2D eigenvalue weighted by Gasteiger charge is -2.15. The quantitative estimate of drug-likeness (QED) is 0.849. The van der Waals surface area contributed by atoms with Crippen LogP contribution in [-0.4, -0.2) is 14.3 Å². The zero-order valence-electron chi connectivity index (χ0n) is 12.9. The first-order chi connectivity index (χ1) is 10.9. The number of sulfonamides is 1. The molecule has 0 saturated carbocycles. The summed E-state index contributed by atoms with van der Waals surface area (Å²) < 4.78 is 22.7. The van der Waals surface area contributed by atoms with Crippen molar-refractivity contribution in [3.05, 3.63) is 65.7 Å². The molecule has 0 aliphatic heterocycles. The summed E-state index contributed by atoms with van der Waals surface area (Å²) in [7, 11) is -3.74. The van der Waals surface area contributed by atoms with E-state index in [1.165, 1.54) is 12.1 Å². The Hall–Kier alpha value is -2.18. The largest absolute Gasteiger partial charge is 0.351 e. The lowest BCUT2D eigenvalue weighted by molar-refractivity contribution is -0.122. The van der Waals surface area contributed by atoms with Crippen LogP contribution in [0, 0.1) is 0 Å². The van der Waals surface area contributed by atoms with Crippen LogP contribution in [0.15, 0.2) is 59.5 Å². The van der Waals surface area contributed by atoms with Crippen molar-refractivity contribution in [2.24, 2.45) is 5.14 Å². The van der Waals surface area contributed by atoms with Gasteiger partial charge in [0.15, 0.2) is 0 Å². The molecule has 0 bridgehead atoms. The van der Waals surface area contributed by atoms with Crippen molar-refractivity contribution < 1.29 is 13.2 Å². The molecule has 0 saturated heterocycles. The summed E-state index contributed by atoms with van der Waals surface area (Å²) in [5.74, 6) is -0.308. The van der Waals surface area contributed by atoms with Crippen molar-refractivity contribution in [2.75, 3.05) is 0 Å². The first-order valence-electron chi connectivity index (χ1n) is 7.36. The molecule has 3 N–H and O–H groups in total. The molecule has 0 fully saturated rings. The fourth-order valence-electron chi connectivity index (χ4n) is 2.40. The van der Waals surface area contributed by atoms with Gasteiger partial charge in [0, 0.05) is 6.54 Å². The number of nitrogens with two attached hydrogens (primary N) is 1. The first kappa shape index (κ1) is 17.2. The van der Waals surface area contributed by atoms with E-state index in [1.54, 1.807) is 12.1 Å². The van der Waals surface area contributed by atoms with E-state index in [4.69, 9.17) is 5.14 Å². The van der Waals surface area contributed by atoms with E-state index in [0.717, 1.165) is 5.56 Å². The van der Waals surface area contributed by atoms with Crippen molar-refractivity contribution in [1.29, 1.82) is 0 Å². The van der Waals surface area contributed by atoms with E-state index < -0.39 is 10.0 Å². The van der Waals surface area contributed by atoms with Crippen LogP contribution < -0.4 is 10.5 Å². The van der Waals surface area contributed by atoms with Crippen LogP contribution in [-0.2, 0) is 21.4 Å². The van der Waals surface area contributed by atoms with Gasteiger partial charge in [-0.1, -0.05) is 49.4 Å². The van der Waals surface area contributed by atoms with Gasteiger partial charge in [-0.2, -0.15) is 0 Å². The maximum atomic E-state index is 12.4. The molecular formula is C17H20N2O3S. The Bertz CT molecular complexity index is 773. The van der Waals surface area contributed by atoms with Crippen molar-refractivity contribution in [3.8, 4) is 0 Å². The molecule has 5 nitrogen and oxygen atoms in total. The molecule has 23 heavy (non-hydrogen) atoms. The minimum Gasteiger partial charge on any atom is -0.351 e. The van der Waals surface area contributed by atoms with Gasteiger partial charge >= 0.3 is 0 Å². The third-order valence-corrected chi connectivity index (χ3v) is 4.53. The summed E-state index contributed by atoms with van der Waals surface area (Å²) in [5, 5.41) is 7.96. The number of benzene rings is 2. The average molecular weight is 332 g/mol. The monoisotopic (exact) mass is 332 g/mol. The lowest BCUT2D eigenvalue weighted by atomic mass is 9.95. The molecule has 1 amide bonds. The molecule has 0 aliphatic carbocycles. The first-order valence-corrected chi connectivity index (χ1v) is 8.91. The van der Waals surface area contributed by atoms with Crippen molar-refractivity contribution in [3.63, 3.8) is 0 Å². The molecule has 1 unspecified atom stereocenters. The number of hydrogen-bond donors (Lipinski definition) is 2. The predicted octanol–water partition coefficient (Wildman–Crippen LogP) is 2.14. The Balaban J connectivity index is 2.07. The van der Waals surface area contributed by atoms with Crippen molar-refractivity contribution in [1.82, 2.24) is 5.32 Å². The standard InChI is InChI=1S/C17H20N2O3S/c1-2-16(14-8-4-3-5-9-14)17(20)19-12-13-7-6-10-15(11-13)23(18,21)22/h3-11,16H,2,12H2,1H3,(H,19,20)(H2,18,21,22). The van der Waals surface area contributed by atoms with Crippen LogP contribution in [0.25, 0.3) is 0 Å². The predicted molar refractivity (Wildman–Crippen MR) is 89.1 cm³/mol. The normalized spacial score (nSPS) is 12.6. The van der Waals surface area contributed by atoms with E-state index in [0.29, 0.717) is 12.0 Å². The second kappa shape index (κ2) is 7.39. The maximum Gasteiger partial charge on any atom is 0.238 e. The Morgan fingerprint density at radius 2 is 1.83 bits per heavy atom. The highest BCUT2D eigenvalue weighted by Crippen LogP contribution is 2.19. The van der Waals surface area contributed by atoms with Crippen LogP contribution in [0.2, 0.25) is 0 Å². The third kappa shape index (κ3) is 4.64. The number of carbonyl (C=O) groups excluding carboxylic acids is 1. The van der Waals surface area contributed by atoms with E-state index >= 15 is 0 Å². The van der Waals surface area contributed by atoms with Crippen molar-refractivity contribution in [2.45, 2.75) is 30.7 Å². The zero-order chi connectivity index (χ0) is 16.9. The Labute approximate surface area is 136 Å². The minimum absolute atomic E-state index is 0.0411.